The number of ether oxygens (including phenoxy) is 1. The van der Waals surface area contributed by atoms with Gasteiger partial charge in [-0.15, -0.1) is 11.3 Å². The van der Waals surface area contributed by atoms with Gasteiger partial charge in [-0.2, -0.15) is 0 Å². The van der Waals surface area contributed by atoms with Gasteiger partial charge in [-0.05, 0) is 13.0 Å². The first-order chi connectivity index (χ1) is 11.5. The third-order valence-electron chi connectivity index (χ3n) is 3.60. The summed E-state index contributed by atoms with van der Waals surface area (Å²) in [7, 11) is 0. The summed E-state index contributed by atoms with van der Waals surface area (Å²) in [5.74, 6) is -0.519. The molecule has 0 unspecified atom stereocenters. The highest BCUT2D eigenvalue weighted by atomic mass is 32.1. The van der Waals surface area contributed by atoms with Crippen molar-refractivity contribution in [3.05, 3.63) is 59.7 Å². The van der Waals surface area contributed by atoms with E-state index in [1.807, 2.05) is 6.07 Å². The van der Waals surface area contributed by atoms with Crippen molar-refractivity contribution < 1.29 is 19.1 Å². The molecule has 1 N–H and O–H groups in total. The van der Waals surface area contributed by atoms with Crippen LogP contribution in [0.5, 0.6) is 0 Å². The number of hydrogen-bond acceptors (Lipinski definition) is 5. The monoisotopic (exact) mass is 342 g/mol. The molecule has 2 aromatic rings. The molecule has 0 bridgehead atoms. The summed E-state index contributed by atoms with van der Waals surface area (Å²) in [6.45, 7) is 4.93. The van der Waals surface area contributed by atoms with Gasteiger partial charge in [0.2, 0.25) is 11.7 Å². The fraction of sp³-hybridized carbons (Fsp3) is 0.118. The summed E-state index contributed by atoms with van der Waals surface area (Å²) in [5, 5.41) is 3.17. The van der Waals surface area contributed by atoms with Crippen molar-refractivity contribution in [2.45, 2.75) is 13.0 Å². The summed E-state index contributed by atoms with van der Waals surface area (Å²) < 4.78 is 4.80. The second-order valence-electron chi connectivity index (χ2n) is 5.11. The van der Waals surface area contributed by atoms with E-state index in [-0.39, 0.29) is 11.7 Å². The van der Waals surface area contributed by atoms with E-state index in [1.54, 1.807) is 37.3 Å². The molecule has 1 atom stereocenters. The molecule has 1 aliphatic heterocycles. The summed E-state index contributed by atoms with van der Waals surface area (Å²) in [5.41, 5.74) is 0.957. The van der Waals surface area contributed by atoms with E-state index in [0.29, 0.717) is 21.1 Å². The summed E-state index contributed by atoms with van der Waals surface area (Å²) >= 11 is 1.13. The minimum Gasteiger partial charge on any atom is -0.419 e. The number of rotatable bonds is 3. The number of carbonyl (C=O) groups excluding carboxylic acids is 3. The SMILES string of the molecule is C=COC(=O)N1c2sc(C(=O)c3ccccc3)cc2NC(=O)[C@@H]1C. The highest BCUT2D eigenvalue weighted by molar-refractivity contribution is 7.19. The number of benzene rings is 1. The molecular formula is C17H14N2O4S. The molecule has 2 amide bonds. The van der Waals surface area contributed by atoms with E-state index in [2.05, 4.69) is 11.9 Å². The van der Waals surface area contributed by atoms with Crippen molar-refractivity contribution in [3.63, 3.8) is 0 Å². The smallest absolute Gasteiger partial charge is 0.419 e. The number of ketones is 1. The first-order valence-corrected chi connectivity index (χ1v) is 7.99. The Labute approximate surface area is 142 Å². The topological polar surface area (TPSA) is 75.7 Å². The number of anilines is 2. The van der Waals surface area contributed by atoms with Crippen LogP contribution in [0.3, 0.4) is 0 Å². The maximum Gasteiger partial charge on any atom is 0.420 e. The molecule has 1 aromatic heterocycles. The predicted octanol–water partition coefficient (Wildman–Crippen LogP) is 3.41. The Hall–Kier alpha value is -2.93. The summed E-state index contributed by atoms with van der Waals surface area (Å²) in [4.78, 5) is 38.4. The van der Waals surface area contributed by atoms with Crippen LogP contribution >= 0.6 is 11.3 Å². The van der Waals surface area contributed by atoms with Gasteiger partial charge in [0, 0.05) is 5.56 Å². The zero-order chi connectivity index (χ0) is 17.3. The summed E-state index contributed by atoms with van der Waals surface area (Å²) in [6, 6.07) is 9.64. The third-order valence-corrected chi connectivity index (χ3v) is 4.73. The molecule has 1 aliphatic rings. The van der Waals surface area contributed by atoms with Gasteiger partial charge >= 0.3 is 6.09 Å². The van der Waals surface area contributed by atoms with Crippen LogP contribution in [-0.2, 0) is 9.53 Å². The molecule has 6 nitrogen and oxygen atoms in total. The Bertz CT molecular complexity index is 828. The first kappa shape index (κ1) is 15.9. The van der Waals surface area contributed by atoms with Crippen LogP contribution in [0.1, 0.15) is 22.2 Å². The minimum absolute atomic E-state index is 0.172. The average Bonchev–Trinajstić information content (AvgIpc) is 2.99. The Morgan fingerprint density at radius 1 is 1.33 bits per heavy atom. The van der Waals surface area contributed by atoms with Crippen molar-refractivity contribution in [3.8, 4) is 0 Å². The molecule has 1 aromatic carbocycles. The van der Waals surface area contributed by atoms with E-state index in [1.165, 1.54) is 4.90 Å². The Morgan fingerprint density at radius 2 is 2.04 bits per heavy atom. The van der Waals surface area contributed by atoms with Crippen molar-refractivity contribution in [1.82, 2.24) is 0 Å². The Balaban J connectivity index is 2.01. The second kappa shape index (κ2) is 6.29. The molecule has 0 aliphatic carbocycles. The van der Waals surface area contributed by atoms with Gasteiger partial charge in [0.15, 0.2) is 0 Å². The van der Waals surface area contributed by atoms with Gasteiger partial charge in [0.1, 0.15) is 11.0 Å². The third kappa shape index (κ3) is 2.69. The average molecular weight is 342 g/mol. The number of nitrogens with zero attached hydrogens (tertiary/aromatic N) is 1. The zero-order valence-electron chi connectivity index (χ0n) is 12.8. The molecular weight excluding hydrogens is 328 g/mol. The van der Waals surface area contributed by atoms with Gasteiger partial charge < -0.3 is 10.1 Å². The largest absolute Gasteiger partial charge is 0.420 e. The summed E-state index contributed by atoms with van der Waals surface area (Å²) in [6.07, 6.45) is 0.291. The molecule has 0 saturated heterocycles. The quantitative estimate of drug-likeness (QED) is 0.685. The number of hydrogen-bond donors (Lipinski definition) is 1. The lowest BCUT2D eigenvalue weighted by atomic mass is 10.1. The van der Waals surface area contributed by atoms with Gasteiger partial charge in [0.25, 0.3) is 0 Å². The molecule has 7 heteroatoms. The molecule has 0 spiro atoms. The van der Waals surface area contributed by atoms with E-state index in [9.17, 15) is 14.4 Å². The van der Waals surface area contributed by atoms with Crippen LogP contribution in [-0.4, -0.2) is 23.8 Å². The Kier molecular flexibility index (Phi) is 4.18. The van der Waals surface area contributed by atoms with Crippen molar-refractivity contribution >= 4 is 39.8 Å². The lowest BCUT2D eigenvalue weighted by Gasteiger charge is -2.30. The van der Waals surface area contributed by atoms with Crippen LogP contribution in [0.4, 0.5) is 15.5 Å². The van der Waals surface area contributed by atoms with Gasteiger partial charge in [-0.25, -0.2) is 4.79 Å². The second-order valence-corrected chi connectivity index (χ2v) is 6.14. The molecule has 0 fully saturated rings. The van der Waals surface area contributed by atoms with Crippen LogP contribution in [0.25, 0.3) is 0 Å². The molecule has 3 rings (SSSR count). The number of nitrogens with one attached hydrogen (secondary N) is 1. The lowest BCUT2D eigenvalue weighted by molar-refractivity contribution is -0.117. The van der Waals surface area contributed by atoms with Crippen LogP contribution < -0.4 is 10.2 Å². The van der Waals surface area contributed by atoms with E-state index >= 15 is 0 Å². The Morgan fingerprint density at radius 3 is 2.71 bits per heavy atom. The fourth-order valence-electron chi connectivity index (χ4n) is 2.39. The minimum atomic E-state index is -0.747. The molecule has 2 heterocycles. The van der Waals surface area contributed by atoms with Gasteiger partial charge in [-0.1, -0.05) is 36.9 Å². The predicted molar refractivity (Wildman–Crippen MR) is 91.4 cm³/mol. The van der Waals surface area contributed by atoms with Crippen molar-refractivity contribution in [1.29, 1.82) is 0 Å². The zero-order valence-corrected chi connectivity index (χ0v) is 13.6. The molecule has 24 heavy (non-hydrogen) atoms. The van der Waals surface area contributed by atoms with Crippen molar-refractivity contribution in [2.24, 2.45) is 0 Å². The molecule has 122 valence electrons. The van der Waals surface area contributed by atoms with Crippen LogP contribution in [0.2, 0.25) is 0 Å². The number of carbonyl (C=O) groups is 3. The fourth-order valence-corrected chi connectivity index (χ4v) is 3.54. The molecule has 0 radical (unpaired) electrons. The van der Waals surface area contributed by atoms with Crippen LogP contribution in [0, 0.1) is 0 Å². The number of amides is 2. The standard InChI is InChI=1S/C17H14N2O4S/c1-3-23-17(22)19-10(2)15(21)18-12-9-13(24-16(12)19)14(20)11-7-5-4-6-8-11/h3-10H,1H2,2H3,(H,18,21)/t10-/m0/s1. The lowest BCUT2D eigenvalue weighted by Crippen LogP contribution is -2.48. The van der Waals surface area contributed by atoms with E-state index in [0.717, 1.165) is 17.6 Å². The normalized spacial score (nSPS) is 16.1. The highest BCUT2D eigenvalue weighted by Crippen LogP contribution is 2.41. The van der Waals surface area contributed by atoms with Gasteiger partial charge in [0.05, 0.1) is 16.8 Å². The van der Waals surface area contributed by atoms with Crippen LogP contribution in [0.15, 0.2) is 49.2 Å². The maximum atomic E-state index is 12.6. The number of fused-ring (bicyclic) bond motifs is 1. The van der Waals surface area contributed by atoms with E-state index < -0.39 is 12.1 Å². The molecule has 0 saturated carbocycles. The highest BCUT2D eigenvalue weighted by Gasteiger charge is 2.37. The first-order valence-electron chi connectivity index (χ1n) is 7.18. The van der Waals surface area contributed by atoms with Crippen molar-refractivity contribution in [2.75, 3.05) is 10.2 Å². The van der Waals surface area contributed by atoms with Gasteiger partial charge in [-0.3, -0.25) is 14.5 Å². The van der Waals surface area contributed by atoms with E-state index in [4.69, 9.17) is 4.74 Å². The maximum absolute atomic E-state index is 12.6. The number of thiophene rings is 1.